The van der Waals surface area contributed by atoms with Crippen LogP contribution in [0, 0.1) is 0 Å². The summed E-state index contributed by atoms with van der Waals surface area (Å²) in [6, 6.07) is 16.1. The molecule has 0 saturated carbocycles. The van der Waals surface area contributed by atoms with E-state index in [1.807, 2.05) is 44.2 Å². The lowest BCUT2D eigenvalue weighted by Crippen LogP contribution is -2.24. The maximum atomic E-state index is 12.2. The van der Waals surface area contributed by atoms with Crippen LogP contribution in [0.15, 0.2) is 59.5 Å². The fourth-order valence-electron chi connectivity index (χ4n) is 2.57. The molecule has 0 bridgehead atoms. The van der Waals surface area contributed by atoms with Crippen LogP contribution in [0.4, 0.5) is 5.69 Å². The molecule has 0 heterocycles. The number of carbonyl (C=O) groups is 1. The number of anilines is 1. The Morgan fingerprint density at radius 2 is 1.69 bits per heavy atom. The Labute approximate surface area is 155 Å². The van der Waals surface area contributed by atoms with Crippen LogP contribution in [0.5, 0.6) is 0 Å². The Balaban J connectivity index is 1.93. The zero-order chi connectivity index (χ0) is 19.0. The predicted molar refractivity (Wildman–Crippen MR) is 105 cm³/mol. The van der Waals surface area contributed by atoms with E-state index in [9.17, 15) is 13.2 Å². The molecule has 0 fully saturated rings. The monoisotopic (exact) mass is 374 g/mol. The van der Waals surface area contributed by atoms with Crippen LogP contribution in [0.3, 0.4) is 0 Å². The number of benzene rings is 2. The van der Waals surface area contributed by atoms with Crippen molar-refractivity contribution in [2.45, 2.75) is 43.9 Å². The number of hydrogen-bond donors (Lipinski definition) is 2. The van der Waals surface area contributed by atoms with Gasteiger partial charge in [0.15, 0.2) is 0 Å². The largest absolute Gasteiger partial charge is 0.326 e. The van der Waals surface area contributed by atoms with Crippen molar-refractivity contribution in [1.29, 1.82) is 0 Å². The van der Waals surface area contributed by atoms with Crippen LogP contribution in [-0.2, 0) is 14.8 Å². The number of sulfonamides is 1. The highest BCUT2D eigenvalue weighted by molar-refractivity contribution is 7.89. The van der Waals surface area contributed by atoms with Crippen molar-refractivity contribution in [3.05, 3.63) is 60.2 Å². The molecular formula is C20H26N2O3S. The fraction of sp³-hybridized carbons (Fsp3) is 0.350. The molecule has 5 nitrogen and oxygen atoms in total. The molecule has 2 rings (SSSR count). The van der Waals surface area contributed by atoms with Gasteiger partial charge in [0.2, 0.25) is 15.9 Å². The summed E-state index contributed by atoms with van der Waals surface area (Å²) in [6.45, 7) is 4.44. The number of rotatable bonds is 9. The second-order valence-corrected chi connectivity index (χ2v) is 8.11. The second kappa shape index (κ2) is 9.50. The highest BCUT2D eigenvalue weighted by atomic mass is 32.2. The maximum Gasteiger partial charge on any atom is 0.240 e. The normalized spacial score (nSPS) is 12.5. The number of nitrogens with one attached hydrogen (secondary N) is 2. The summed E-state index contributed by atoms with van der Waals surface area (Å²) < 4.78 is 26.9. The molecule has 0 saturated heterocycles. The predicted octanol–water partition coefficient (Wildman–Crippen LogP) is 3.90. The third kappa shape index (κ3) is 5.97. The van der Waals surface area contributed by atoms with E-state index in [0.29, 0.717) is 18.7 Å². The average molecular weight is 375 g/mol. The van der Waals surface area contributed by atoms with E-state index in [-0.39, 0.29) is 16.7 Å². The van der Waals surface area contributed by atoms with Crippen LogP contribution in [-0.4, -0.2) is 20.9 Å². The first-order valence-corrected chi connectivity index (χ1v) is 10.3. The summed E-state index contributed by atoms with van der Waals surface area (Å²) in [5.41, 5.74) is 1.70. The fourth-order valence-corrected chi connectivity index (χ4v) is 3.65. The van der Waals surface area contributed by atoms with Crippen LogP contribution in [0.2, 0.25) is 0 Å². The standard InChI is InChI=1S/C20H26N2O3S/c1-3-4-14-21-26(24,25)19-12-10-18(11-13-19)22-20(23)15-16(2)17-8-6-5-7-9-17/h5-13,16,21H,3-4,14-15H2,1-2H3,(H,22,23)/t16-/m0/s1. The topological polar surface area (TPSA) is 75.3 Å². The first-order chi connectivity index (χ1) is 12.4. The van der Waals surface area contributed by atoms with Gasteiger partial charge in [-0.1, -0.05) is 50.6 Å². The lowest BCUT2D eigenvalue weighted by atomic mass is 9.97. The van der Waals surface area contributed by atoms with Crippen molar-refractivity contribution in [3.63, 3.8) is 0 Å². The molecule has 0 aliphatic heterocycles. The molecule has 2 aromatic carbocycles. The van der Waals surface area contributed by atoms with E-state index >= 15 is 0 Å². The van der Waals surface area contributed by atoms with Gasteiger partial charge in [-0.15, -0.1) is 0 Å². The SMILES string of the molecule is CCCCNS(=O)(=O)c1ccc(NC(=O)C[C@H](C)c2ccccc2)cc1. The zero-order valence-corrected chi connectivity index (χ0v) is 16.1. The summed E-state index contributed by atoms with van der Waals surface area (Å²) in [5.74, 6) is 0.0108. The molecule has 0 spiro atoms. The molecule has 0 radical (unpaired) electrons. The molecule has 6 heteroatoms. The summed E-state index contributed by atoms with van der Waals surface area (Å²) >= 11 is 0. The van der Waals surface area contributed by atoms with Crippen LogP contribution < -0.4 is 10.0 Å². The summed E-state index contributed by atoms with van der Waals surface area (Å²) in [4.78, 5) is 12.4. The summed E-state index contributed by atoms with van der Waals surface area (Å²) in [5, 5.41) is 2.82. The van der Waals surface area contributed by atoms with Crippen LogP contribution >= 0.6 is 0 Å². The molecule has 1 amide bonds. The first kappa shape index (κ1) is 20.1. The third-order valence-electron chi connectivity index (χ3n) is 4.13. The minimum Gasteiger partial charge on any atom is -0.326 e. The number of unbranched alkanes of at least 4 members (excludes halogenated alkanes) is 1. The Kier molecular flexibility index (Phi) is 7.36. The Bertz CT molecular complexity index is 803. The van der Waals surface area contributed by atoms with E-state index in [1.54, 1.807) is 12.1 Å². The minimum atomic E-state index is -3.50. The zero-order valence-electron chi connectivity index (χ0n) is 15.2. The molecule has 2 aromatic rings. The molecule has 0 aliphatic rings. The van der Waals surface area contributed by atoms with Crippen molar-refractivity contribution in [3.8, 4) is 0 Å². The molecule has 26 heavy (non-hydrogen) atoms. The second-order valence-electron chi connectivity index (χ2n) is 6.34. The van der Waals surface area contributed by atoms with Gasteiger partial charge >= 0.3 is 0 Å². The highest BCUT2D eigenvalue weighted by Gasteiger charge is 2.14. The Morgan fingerprint density at radius 1 is 1.04 bits per heavy atom. The van der Waals surface area contributed by atoms with Crippen molar-refractivity contribution in [2.24, 2.45) is 0 Å². The quantitative estimate of drug-likeness (QED) is 0.654. The maximum absolute atomic E-state index is 12.2. The number of hydrogen-bond acceptors (Lipinski definition) is 3. The Hall–Kier alpha value is -2.18. The van der Waals surface area contributed by atoms with Crippen LogP contribution in [0.1, 0.15) is 44.6 Å². The summed E-state index contributed by atoms with van der Waals surface area (Å²) in [7, 11) is -3.50. The smallest absolute Gasteiger partial charge is 0.240 e. The number of carbonyl (C=O) groups excluding carboxylic acids is 1. The molecule has 1 atom stereocenters. The van der Waals surface area contributed by atoms with Gasteiger partial charge in [0.05, 0.1) is 4.90 Å². The van der Waals surface area contributed by atoms with Gasteiger partial charge in [-0.05, 0) is 42.2 Å². The van der Waals surface area contributed by atoms with Crippen molar-refractivity contribution in [1.82, 2.24) is 4.72 Å². The third-order valence-corrected chi connectivity index (χ3v) is 5.61. The first-order valence-electron chi connectivity index (χ1n) is 8.87. The van der Waals surface area contributed by atoms with Gasteiger partial charge < -0.3 is 5.32 Å². The summed E-state index contributed by atoms with van der Waals surface area (Å²) in [6.07, 6.45) is 2.09. The molecule has 140 valence electrons. The molecular weight excluding hydrogens is 348 g/mol. The van der Waals surface area contributed by atoms with Gasteiger partial charge in [-0.25, -0.2) is 13.1 Å². The van der Waals surface area contributed by atoms with Gasteiger partial charge in [-0.2, -0.15) is 0 Å². The van der Waals surface area contributed by atoms with Gasteiger partial charge in [0, 0.05) is 18.7 Å². The van der Waals surface area contributed by atoms with Gasteiger partial charge in [-0.3, -0.25) is 4.79 Å². The van der Waals surface area contributed by atoms with E-state index in [1.165, 1.54) is 12.1 Å². The van der Waals surface area contributed by atoms with Gasteiger partial charge in [0.25, 0.3) is 0 Å². The van der Waals surface area contributed by atoms with Crippen molar-refractivity contribution < 1.29 is 13.2 Å². The van der Waals surface area contributed by atoms with E-state index in [2.05, 4.69) is 10.0 Å². The molecule has 2 N–H and O–H groups in total. The lowest BCUT2D eigenvalue weighted by Gasteiger charge is -2.12. The average Bonchev–Trinajstić information content (AvgIpc) is 2.63. The molecule has 0 unspecified atom stereocenters. The number of amides is 1. The lowest BCUT2D eigenvalue weighted by molar-refractivity contribution is -0.116. The van der Waals surface area contributed by atoms with Crippen molar-refractivity contribution >= 4 is 21.6 Å². The van der Waals surface area contributed by atoms with E-state index in [0.717, 1.165) is 18.4 Å². The minimum absolute atomic E-state index is 0.0990. The highest BCUT2D eigenvalue weighted by Crippen LogP contribution is 2.20. The Morgan fingerprint density at radius 3 is 2.31 bits per heavy atom. The van der Waals surface area contributed by atoms with E-state index < -0.39 is 10.0 Å². The molecule has 0 aromatic heterocycles. The van der Waals surface area contributed by atoms with Crippen molar-refractivity contribution in [2.75, 3.05) is 11.9 Å². The van der Waals surface area contributed by atoms with Gasteiger partial charge in [0.1, 0.15) is 0 Å². The van der Waals surface area contributed by atoms with Crippen LogP contribution in [0.25, 0.3) is 0 Å². The van der Waals surface area contributed by atoms with E-state index in [4.69, 9.17) is 0 Å². The molecule has 0 aliphatic carbocycles.